The van der Waals surface area contributed by atoms with Crippen LogP contribution in [0.25, 0.3) is 11.5 Å². The van der Waals surface area contributed by atoms with Crippen molar-refractivity contribution in [3.8, 4) is 11.5 Å². The van der Waals surface area contributed by atoms with E-state index in [0.29, 0.717) is 17.1 Å². The molecule has 0 aromatic carbocycles. The molecule has 0 radical (unpaired) electrons. The summed E-state index contributed by atoms with van der Waals surface area (Å²) in [5.41, 5.74) is 1.10. The van der Waals surface area contributed by atoms with Gasteiger partial charge in [0.2, 0.25) is 0 Å². The van der Waals surface area contributed by atoms with E-state index >= 15 is 0 Å². The van der Waals surface area contributed by atoms with Crippen molar-refractivity contribution in [2.75, 3.05) is 13.1 Å². The molecule has 1 aliphatic rings. The van der Waals surface area contributed by atoms with Gasteiger partial charge in [-0.05, 0) is 38.4 Å². The molecule has 21 heavy (non-hydrogen) atoms. The SMILES string of the molecule is Cc1ccc(-c2cc(C(=O)NC3CCCNC3)n[nH]2)o1.Cl. The maximum absolute atomic E-state index is 12.1. The highest BCUT2D eigenvalue weighted by Gasteiger charge is 2.18. The van der Waals surface area contributed by atoms with Crippen molar-refractivity contribution in [3.63, 3.8) is 0 Å². The number of furan rings is 1. The molecule has 2 aromatic rings. The maximum Gasteiger partial charge on any atom is 0.272 e. The Morgan fingerprint density at radius 1 is 1.48 bits per heavy atom. The van der Waals surface area contributed by atoms with Crippen molar-refractivity contribution in [2.45, 2.75) is 25.8 Å². The third-order valence-corrected chi connectivity index (χ3v) is 3.45. The van der Waals surface area contributed by atoms with Gasteiger partial charge in [-0.2, -0.15) is 5.10 Å². The number of H-pyrrole nitrogens is 1. The Morgan fingerprint density at radius 2 is 2.33 bits per heavy atom. The summed E-state index contributed by atoms with van der Waals surface area (Å²) in [5, 5.41) is 13.1. The van der Waals surface area contributed by atoms with E-state index < -0.39 is 0 Å². The van der Waals surface area contributed by atoms with Gasteiger partial charge < -0.3 is 15.1 Å². The van der Waals surface area contributed by atoms with Crippen LogP contribution in [-0.4, -0.2) is 35.2 Å². The average Bonchev–Trinajstić information content (AvgIpc) is 3.08. The zero-order valence-corrected chi connectivity index (χ0v) is 12.6. The summed E-state index contributed by atoms with van der Waals surface area (Å²) >= 11 is 0. The average molecular weight is 311 g/mol. The van der Waals surface area contributed by atoms with Crippen molar-refractivity contribution in [3.05, 3.63) is 29.7 Å². The van der Waals surface area contributed by atoms with Gasteiger partial charge in [0.05, 0.1) is 0 Å². The van der Waals surface area contributed by atoms with Crippen LogP contribution in [-0.2, 0) is 0 Å². The van der Waals surface area contributed by atoms with Crippen molar-refractivity contribution < 1.29 is 9.21 Å². The number of hydrogen-bond acceptors (Lipinski definition) is 4. The smallest absolute Gasteiger partial charge is 0.272 e. The van der Waals surface area contributed by atoms with E-state index in [9.17, 15) is 4.79 Å². The molecule has 1 unspecified atom stereocenters. The first kappa shape index (κ1) is 15.6. The molecule has 1 atom stereocenters. The Labute approximate surface area is 129 Å². The lowest BCUT2D eigenvalue weighted by atomic mass is 10.1. The molecule has 114 valence electrons. The summed E-state index contributed by atoms with van der Waals surface area (Å²) in [7, 11) is 0. The predicted molar refractivity (Wildman–Crippen MR) is 81.6 cm³/mol. The predicted octanol–water partition coefficient (Wildman–Crippen LogP) is 1.88. The Hall–Kier alpha value is -1.79. The fourth-order valence-corrected chi connectivity index (χ4v) is 2.38. The molecule has 1 fully saturated rings. The van der Waals surface area contributed by atoms with Crippen LogP contribution >= 0.6 is 12.4 Å². The third kappa shape index (κ3) is 3.65. The quantitative estimate of drug-likeness (QED) is 0.808. The molecule has 0 saturated carbocycles. The number of carbonyl (C=O) groups is 1. The van der Waals surface area contributed by atoms with E-state index in [-0.39, 0.29) is 24.4 Å². The van der Waals surface area contributed by atoms with Crippen LogP contribution in [0.15, 0.2) is 22.6 Å². The molecule has 1 aliphatic heterocycles. The molecule has 7 heteroatoms. The van der Waals surface area contributed by atoms with Crippen molar-refractivity contribution in [1.82, 2.24) is 20.8 Å². The van der Waals surface area contributed by atoms with Crippen LogP contribution < -0.4 is 10.6 Å². The van der Waals surface area contributed by atoms with E-state index in [1.54, 1.807) is 6.07 Å². The summed E-state index contributed by atoms with van der Waals surface area (Å²) in [6.07, 6.45) is 2.09. The molecular weight excluding hydrogens is 292 g/mol. The van der Waals surface area contributed by atoms with E-state index in [4.69, 9.17) is 4.42 Å². The van der Waals surface area contributed by atoms with E-state index in [0.717, 1.165) is 31.7 Å². The minimum Gasteiger partial charge on any atom is -0.460 e. The number of amides is 1. The third-order valence-electron chi connectivity index (χ3n) is 3.45. The molecule has 1 amide bonds. The molecule has 1 saturated heterocycles. The Kier molecular flexibility index (Phi) is 5.03. The standard InChI is InChI=1S/C14H18N4O2.ClH/c1-9-4-5-13(20-9)11-7-12(18-17-11)14(19)16-10-3-2-6-15-8-10;/h4-5,7,10,15H,2-3,6,8H2,1H3,(H,16,19)(H,17,18);1H. The molecule has 6 nitrogen and oxygen atoms in total. The lowest BCUT2D eigenvalue weighted by Gasteiger charge is -2.23. The van der Waals surface area contributed by atoms with E-state index in [1.165, 1.54) is 0 Å². The van der Waals surface area contributed by atoms with Gasteiger partial charge in [0.25, 0.3) is 5.91 Å². The number of rotatable bonds is 3. The first-order valence-corrected chi connectivity index (χ1v) is 6.86. The van der Waals surface area contributed by atoms with E-state index in [1.807, 2.05) is 19.1 Å². The van der Waals surface area contributed by atoms with Crippen LogP contribution in [0.5, 0.6) is 0 Å². The fraction of sp³-hybridized carbons (Fsp3) is 0.429. The molecule has 3 heterocycles. The number of hydrogen-bond donors (Lipinski definition) is 3. The number of halogens is 1. The number of aromatic nitrogens is 2. The lowest BCUT2D eigenvalue weighted by molar-refractivity contribution is 0.0925. The summed E-state index contributed by atoms with van der Waals surface area (Å²) in [4.78, 5) is 12.1. The number of aromatic amines is 1. The number of nitrogens with one attached hydrogen (secondary N) is 3. The van der Waals surface area contributed by atoms with Crippen molar-refractivity contribution in [2.24, 2.45) is 0 Å². The van der Waals surface area contributed by atoms with Gasteiger partial charge >= 0.3 is 0 Å². The molecule has 0 spiro atoms. The molecule has 0 aliphatic carbocycles. The fourth-order valence-electron chi connectivity index (χ4n) is 2.38. The van der Waals surface area contributed by atoms with Gasteiger partial charge in [0, 0.05) is 18.7 Å². The first-order chi connectivity index (χ1) is 9.72. The number of nitrogens with zero attached hydrogens (tertiary/aromatic N) is 1. The van der Waals surface area contributed by atoms with E-state index in [2.05, 4.69) is 20.8 Å². The van der Waals surface area contributed by atoms with Crippen LogP contribution in [0.3, 0.4) is 0 Å². The topological polar surface area (TPSA) is 83.0 Å². The largest absolute Gasteiger partial charge is 0.460 e. The minimum absolute atomic E-state index is 0. The van der Waals surface area contributed by atoms with Gasteiger partial charge in [-0.3, -0.25) is 9.89 Å². The van der Waals surface area contributed by atoms with Gasteiger partial charge in [-0.1, -0.05) is 0 Å². The highest BCUT2D eigenvalue weighted by Crippen LogP contribution is 2.20. The highest BCUT2D eigenvalue weighted by molar-refractivity contribution is 5.93. The molecule has 3 N–H and O–H groups in total. The van der Waals surface area contributed by atoms with Gasteiger partial charge in [-0.25, -0.2) is 0 Å². The molecule has 3 rings (SSSR count). The molecule has 2 aromatic heterocycles. The zero-order valence-electron chi connectivity index (χ0n) is 11.8. The van der Waals surface area contributed by atoms with Crippen LogP contribution in [0.2, 0.25) is 0 Å². The summed E-state index contributed by atoms with van der Waals surface area (Å²) in [5.74, 6) is 1.37. The van der Waals surface area contributed by atoms with Crippen LogP contribution in [0, 0.1) is 6.92 Å². The number of piperidine rings is 1. The minimum atomic E-state index is -0.149. The maximum atomic E-state index is 12.1. The van der Waals surface area contributed by atoms with Gasteiger partial charge in [-0.15, -0.1) is 12.4 Å². The normalized spacial score (nSPS) is 18.0. The summed E-state index contributed by atoms with van der Waals surface area (Å²) < 4.78 is 5.50. The second-order valence-electron chi connectivity index (χ2n) is 5.09. The monoisotopic (exact) mass is 310 g/mol. The number of carbonyl (C=O) groups excluding carboxylic acids is 1. The van der Waals surface area contributed by atoms with Crippen LogP contribution in [0.1, 0.15) is 29.1 Å². The Morgan fingerprint density at radius 3 is 3.00 bits per heavy atom. The number of aryl methyl sites for hydroxylation is 1. The highest BCUT2D eigenvalue weighted by atomic mass is 35.5. The zero-order chi connectivity index (χ0) is 13.9. The summed E-state index contributed by atoms with van der Waals surface area (Å²) in [6, 6.07) is 5.63. The van der Waals surface area contributed by atoms with Crippen molar-refractivity contribution >= 4 is 18.3 Å². The van der Waals surface area contributed by atoms with Gasteiger partial charge in [0.15, 0.2) is 11.5 Å². The second-order valence-corrected chi connectivity index (χ2v) is 5.09. The van der Waals surface area contributed by atoms with Crippen LogP contribution in [0.4, 0.5) is 0 Å². The molecule has 0 bridgehead atoms. The molecular formula is C14H19ClN4O2. The summed E-state index contributed by atoms with van der Waals surface area (Å²) in [6.45, 7) is 3.72. The second kappa shape index (κ2) is 6.78. The first-order valence-electron chi connectivity index (χ1n) is 6.86. The lowest BCUT2D eigenvalue weighted by Crippen LogP contribution is -2.45. The Balaban J connectivity index is 0.00000161. The Bertz CT molecular complexity index is 602. The van der Waals surface area contributed by atoms with Gasteiger partial charge in [0.1, 0.15) is 11.5 Å². The van der Waals surface area contributed by atoms with Crippen molar-refractivity contribution in [1.29, 1.82) is 0 Å².